The van der Waals surface area contributed by atoms with E-state index in [1.807, 2.05) is 0 Å². The second-order valence-corrected chi connectivity index (χ2v) is 5.36. The van der Waals surface area contributed by atoms with Gasteiger partial charge in [-0.15, -0.1) is 0 Å². The third kappa shape index (κ3) is 2.52. The molecule has 3 atom stereocenters. The molecule has 2 heterocycles. The summed E-state index contributed by atoms with van der Waals surface area (Å²) in [5.41, 5.74) is 0. The number of hydrogen-bond donors (Lipinski definition) is 1. The average Bonchev–Trinajstić information content (AvgIpc) is 2.23. The van der Waals surface area contributed by atoms with Crippen molar-refractivity contribution in [3.63, 3.8) is 0 Å². The fraction of sp³-hybridized carbons (Fsp3) is 1.00. The van der Waals surface area contributed by atoms with E-state index in [9.17, 15) is 0 Å². The van der Waals surface area contributed by atoms with Crippen molar-refractivity contribution in [3.8, 4) is 0 Å². The number of piperidine rings is 1. The summed E-state index contributed by atoms with van der Waals surface area (Å²) in [5, 5.41) is 3.53. The molecule has 0 aromatic heterocycles. The van der Waals surface area contributed by atoms with Gasteiger partial charge >= 0.3 is 0 Å². The number of hydrogen-bond acceptors (Lipinski definition) is 3. The topological polar surface area (TPSA) is 18.5 Å². The molecule has 2 fully saturated rings. The SMILES string of the molecule is CC1CCNCC1N1CCN(C)C(C)C1. The van der Waals surface area contributed by atoms with Gasteiger partial charge in [0.05, 0.1) is 0 Å². The number of nitrogens with one attached hydrogen (secondary N) is 1. The fourth-order valence-corrected chi connectivity index (χ4v) is 2.84. The van der Waals surface area contributed by atoms with Gasteiger partial charge in [-0.25, -0.2) is 0 Å². The summed E-state index contributed by atoms with van der Waals surface area (Å²) >= 11 is 0. The fourth-order valence-electron chi connectivity index (χ4n) is 2.84. The summed E-state index contributed by atoms with van der Waals surface area (Å²) in [7, 11) is 2.24. The van der Waals surface area contributed by atoms with Crippen LogP contribution in [0.2, 0.25) is 0 Å². The maximum atomic E-state index is 3.53. The van der Waals surface area contributed by atoms with Crippen LogP contribution in [0.25, 0.3) is 0 Å². The van der Waals surface area contributed by atoms with E-state index >= 15 is 0 Å². The first-order valence-electron chi connectivity index (χ1n) is 6.33. The number of nitrogens with zero attached hydrogens (tertiary/aromatic N) is 2. The van der Waals surface area contributed by atoms with Gasteiger partial charge in [-0.05, 0) is 32.9 Å². The molecule has 0 amide bonds. The molecule has 1 N–H and O–H groups in total. The van der Waals surface area contributed by atoms with Gasteiger partial charge in [0.15, 0.2) is 0 Å². The highest BCUT2D eigenvalue weighted by atomic mass is 15.3. The van der Waals surface area contributed by atoms with Crippen LogP contribution in [0, 0.1) is 5.92 Å². The van der Waals surface area contributed by atoms with E-state index < -0.39 is 0 Å². The molecule has 2 saturated heterocycles. The zero-order valence-electron chi connectivity index (χ0n) is 10.4. The van der Waals surface area contributed by atoms with Gasteiger partial charge in [-0.2, -0.15) is 0 Å². The maximum Gasteiger partial charge on any atom is 0.0247 e. The Balaban J connectivity index is 1.92. The molecule has 0 spiro atoms. The molecule has 0 aliphatic carbocycles. The lowest BCUT2D eigenvalue weighted by atomic mass is 9.92. The van der Waals surface area contributed by atoms with E-state index in [4.69, 9.17) is 0 Å². The Morgan fingerprint density at radius 2 is 2.00 bits per heavy atom. The lowest BCUT2D eigenvalue weighted by Crippen LogP contribution is -2.58. The van der Waals surface area contributed by atoms with Crippen LogP contribution in [0.15, 0.2) is 0 Å². The van der Waals surface area contributed by atoms with Crippen LogP contribution >= 0.6 is 0 Å². The highest BCUT2D eigenvalue weighted by Gasteiger charge is 2.30. The predicted octanol–water partition coefficient (Wildman–Crippen LogP) is 0.620. The third-order valence-electron chi connectivity index (χ3n) is 4.25. The number of likely N-dealkylation sites (N-methyl/N-ethyl adjacent to an activating group) is 1. The van der Waals surface area contributed by atoms with E-state index in [1.165, 1.54) is 39.1 Å². The molecule has 0 radical (unpaired) electrons. The molecule has 2 aliphatic rings. The minimum atomic E-state index is 0.716. The van der Waals surface area contributed by atoms with Gasteiger partial charge in [0.25, 0.3) is 0 Å². The van der Waals surface area contributed by atoms with Crippen molar-refractivity contribution in [2.45, 2.75) is 32.4 Å². The second kappa shape index (κ2) is 4.81. The Labute approximate surface area is 93.8 Å². The van der Waals surface area contributed by atoms with Crippen molar-refractivity contribution in [1.29, 1.82) is 0 Å². The number of piperazine rings is 1. The molecular formula is C12H25N3. The normalized spacial score (nSPS) is 40.6. The van der Waals surface area contributed by atoms with E-state index in [0.29, 0.717) is 6.04 Å². The first kappa shape index (κ1) is 11.4. The van der Waals surface area contributed by atoms with E-state index in [0.717, 1.165) is 12.0 Å². The lowest BCUT2D eigenvalue weighted by Gasteiger charge is -2.45. The van der Waals surface area contributed by atoms with Crippen molar-refractivity contribution in [3.05, 3.63) is 0 Å². The van der Waals surface area contributed by atoms with Gasteiger partial charge < -0.3 is 10.2 Å². The Morgan fingerprint density at radius 3 is 2.67 bits per heavy atom. The minimum absolute atomic E-state index is 0.716. The summed E-state index contributed by atoms with van der Waals surface area (Å²) in [6, 6.07) is 1.49. The van der Waals surface area contributed by atoms with Crippen LogP contribution in [0.5, 0.6) is 0 Å². The molecule has 3 unspecified atom stereocenters. The van der Waals surface area contributed by atoms with Crippen LogP contribution in [0.3, 0.4) is 0 Å². The lowest BCUT2D eigenvalue weighted by molar-refractivity contribution is 0.0423. The zero-order chi connectivity index (χ0) is 10.8. The Bertz CT molecular complexity index is 207. The second-order valence-electron chi connectivity index (χ2n) is 5.36. The average molecular weight is 211 g/mol. The van der Waals surface area contributed by atoms with Crippen LogP contribution < -0.4 is 5.32 Å². The first-order valence-corrected chi connectivity index (χ1v) is 6.33. The molecule has 2 aliphatic heterocycles. The predicted molar refractivity (Wildman–Crippen MR) is 64.1 cm³/mol. The van der Waals surface area contributed by atoms with E-state index in [2.05, 4.69) is 36.0 Å². The molecule has 15 heavy (non-hydrogen) atoms. The van der Waals surface area contributed by atoms with Crippen LogP contribution in [-0.2, 0) is 0 Å². The molecule has 2 rings (SSSR count). The van der Waals surface area contributed by atoms with Gasteiger partial charge in [0.1, 0.15) is 0 Å². The monoisotopic (exact) mass is 211 g/mol. The van der Waals surface area contributed by atoms with Gasteiger partial charge in [-0.1, -0.05) is 6.92 Å². The molecule has 0 bridgehead atoms. The molecule has 3 heteroatoms. The molecular weight excluding hydrogens is 186 g/mol. The van der Waals surface area contributed by atoms with Gasteiger partial charge in [0, 0.05) is 38.3 Å². The smallest absolute Gasteiger partial charge is 0.0247 e. The third-order valence-corrected chi connectivity index (χ3v) is 4.25. The Kier molecular flexibility index (Phi) is 3.65. The van der Waals surface area contributed by atoms with E-state index in [-0.39, 0.29) is 0 Å². The summed E-state index contributed by atoms with van der Waals surface area (Å²) in [5.74, 6) is 0.863. The van der Waals surface area contributed by atoms with Crippen molar-refractivity contribution < 1.29 is 0 Å². The summed E-state index contributed by atoms with van der Waals surface area (Å²) in [6.45, 7) is 10.9. The van der Waals surface area contributed by atoms with Crippen molar-refractivity contribution >= 4 is 0 Å². The molecule has 0 saturated carbocycles. The Morgan fingerprint density at radius 1 is 1.20 bits per heavy atom. The van der Waals surface area contributed by atoms with E-state index in [1.54, 1.807) is 0 Å². The summed E-state index contributed by atoms with van der Waals surface area (Å²) < 4.78 is 0. The molecule has 0 aromatic carbocycles. The summed E-state index contributed by atoms with van der Waals surface area (Å²) in [6.07, 6.45) is 1.34. The standard InChI is InChI=1S/C12H25N3/c1-10-4-5-13-8-12(10)15-7-6-14(3)11(2)9-15/h10-13H,4-9H2,1-3H3. The molecule has 88 valence electrons. The quantitative estimate of drug-likeness (QED) is 0.686. The van der Waals surface area contributed by atoms with Crippen LogP contribution in [-0.4, -0.2) is 61.7 Å². The number of rotatable bonds is 1. The highest BCUT2D eigenvalue weighted by molar-refractivity contribution is 4.88. The van der Waals surface area contributed by atoms with Gasteiger partial charge in [-0.3, -0.25) is 4.90 Å². The van der Waals surface area contributed by atoms with Crippen molar-refractivity contribution in [1.82, 2.24) is 15.1 Å². The summed E-state index contributed by atoms with van der Waals surface area (Å²) in [4.78, 5) is 5.17. The minimum Gasteiger partial charge on any atom is -0.315 e. The van der Waals surface area contributed by atoms with Gasteiger partial charge in [0.2, 0.25) is 0 Å². The Hall–Kier alpha value is -0.120. The van der Waals surface area contributed by atoms with Crippen molar-refractivity contribution in [2.75, 3.05) is 39.8 Å². The van der Waals surface area contributed by atoms with Crippen molar-refractivity contribution in [2.24, 2.45) is 5.92 Å². The van der Waals surface area contributed by atoms with Crippen LogP contribution in [0.4, 0.5) is 0 Å². The zero-order valence-corrected chi connectivity index (χ0v) is 10.4. The van der Waals surface area contributed by atoms with Crippen LogP contribution in [0.1, 0.15) is 20.3 Å². The molecule has 3 nitrogen and oxygen atoms in total. The highest BCUT2D eigenvalue weighted by Crippen LogP contribution is 2.20. The first-order chi connectivity index (χ1) is 7.18. The largest absolute Gasteiger partial charge is 0.315 e. The molecule has 0 aromatic rings. The maximum absolute atomic E-state index is 3.53.